The Kier molecular flexibility index (Phi) is 6.16. The molecule has 0 bridgehead atoms. The molecule has 0 amide bonds. The molecule has 0 aliphatic carbocycles. The largest absolute Gasteiger partial charge is 0.508 e. The molecule has 1 aromatic carbocycles. The Morgan fingerprint density at radius 1 is 1.28 bits per heavy atom. The standard InChI is InChI=1S/C15H26N2O/c1-5-12(2)17(4)11-10-16-13(3)14-8-6-7-9-15(14)18/h6-9,12-13,16,18H,5,10-11H2,1-4H3. The third-order valence-corrected chi connectivity index (χ3v) is 3.66. The molecule has 0 aliphatic rings. The van der Waals surface area contributed by atoms with E-state index in [1.807, 2.05) is 18.2 Å². The van der Waals surface area contributed by atoms with Crippen LogP contribution in [0.4, 0.5) is 0 Å². The highest BCUT2D eigenvalue weighted by atomic mass is 16.3. The maximum Gasteiger partial charge on any atom is 0.120 e. The zero-order valence-corrected chi connectivity index (χ0v) is 12.0. The Labute approximate surface area is 111 Å². The monoisotopic (exact) mass is 250 g/mol. The highest BCUT2D eigenvalue weighted by Crippen LogP contribution is 2.22. The molecule has 18 heavy (non-hydrogen) atoms. The van der Waals surface area contributed by atoms with Gasteiger partial charge in [-0.05, 0) is 33.4 Å². The summed E-state index contributed by atoms with van der Waals surface area (Å²) in [4.78, 5) is 2.35. The van der Waals surface area contributed by atoms with Gasteiger partial charge in [0.15, 0.2) is 0 Å². The highest BCUT2D eigenvalue weighted by Gasteiger charge is 2.10. The molecule has 3 heteroatoms. The normalized spacial score (nSPS) is 14.7. The van der Waals surface area contributed by atoms with E-state index in [0.717, 1.165) is 18.7 Å². The van der Waals surface area contributed by atoms with Crippen LogP contribution in [0.25, 0.3) is 0 Å². The van der Waals surface area contributed by atoms with Crippen LogP contribution in [0.3, 0.4) is 0 Å². The van der Waals surface area contributed by atoms with Crippen LogP contribution in [0.5, 0.6) is 5.75 Å². The minimum atomic E-state index is 0.177. The van der Waals surface area contributed by atoms with Crippen LogP contribution in [0, 0.1) is 0 Å². The first-order valence-electron chi connectivity index (χ1n) is 6.77. The summed E-state index contributed by atoms with van der Waals surface area (Å²) >= 11 is 0. The Morgan fingerprint density at radius 3 is 2.56 bits per heavy atom. The van der Waals surface area contributed by atoms with E-state index in [1.165, 1.54) is 6.42 Å². The van der Waals surface area contributed by atoms with E-state index in [-0.39, 0.29) is 6.04 Å². The van der Waals surface area contributed by atoms with Crippen molar-refractivity contribution in [3.63, 3.8) is 0 Å². The number of hydrogen-bond acceptors (Lipinski definition) is 3. The molecule has 0 saturated heterocycles. The predicted octanol–water partition coefficient (Wildman–Crippen LogP) is 2.77. The van der Waals surface area contributed by atoms with Crippen molar-refractivity contribution in [3.05, 3.63) is 29.8 Å². The average molecular weight is 250 g/mol. The molecule has 0 heterocycles. The van der Waals surface area contributed by atoms with Crippen molar-refractivity contribution in [1.29, 1.82) is 0 Å². The summed E-state index contributed by atoms with van der Waals surface area (Å²) in [5, 5.41) is 13.2. The summed E-state index contributed by atoms with van der Waals surface area (Å²) in [6.07, 6.45) is 1.17. The Morgan fingerprint density at radius 2 is 1.94 bits per heavy atom. The van der Waals surface area contributed by atoms with E-state index in [4.69, 9.17) is 0 Å². The molecule has 0 aromatic heterocycles. The minimum absolute atomic E-state index is 0.177. The Hall–Kier alpha value is -1.06. The number of nitrogens with zero attached hydrogens (tertiary/aromatic N) is 1. The van der Waals surface area contributed by atoms with E-state index in [0.29, 0.717) is 11.8 Å². The number of likely N-dealkylation sites (N-methyl/N-ethyl adjacent to an activating group) is 1. The molecule has 2 unspecified atom stereocenters. The van der Waals surface area contributed by atoms with Gasteiger partial charge in [0.1, 0.15) is 5.75 Å². The smallest absolute Gasteiger partial charge is 0.120 e. The summed E-state index contributed by atoms with van der Waals surface area (Å²) in [5.74, 6) is 0.368. The predicted molar refractivity (Wildman–Crippen MR) is 76.9 cm³/mol. The molecule has 1 rings (SSSR count). The third kappa shape index (κ3) is 4.31. The zero-order chi connectivity index (χ0) is 13.5. The maximum absolute atomic E-state index is 9.77. The van der Waals surface area contributed by atoms with Crippen LogP contribution in [0.1, 0.15) is 38.8 Å². The van der Waals surface area contributed by atoms with Gasteiger partial charge in [0.25, 0.3) is 0 Å². The fraction of sp³-hybridized carbons (Fsp3) is 0.600. The summed E-state index contributed by atoms with van der Waals surface area (Å²) in [5.41, 5.74) is 0.962. The maximum atomic E-state index is 9.77. The van der Waals surface area contributed by atoms with Gasteiger partial charge in [0.05, 0.1) is 0 Å². The van der Waals surface area contributed by atoms with Crippen molar-refractivity contribution < 1.29 is 5.11 Å². The van der Waals surface area contributed by atoms with Gasteiger partial charge in [0, 0.05) is 30.7 Å². The molecular weight excluding hydrogens is 224 g/mol. The Balaban J connectivity index is 2.38. The summed E-state index contributed by atoms with van der Waals surface area (Å²) in [6, 6.07) is 8.30. The number of para-hydroxylation sites is 1. The number of aromatic hydroxyl groups is 1. The van der Waals surface area contributed by atoms with Crippen molar-refractivity contribution >= 4 is 0 Å². The van der Waals surface area contributed by atoms with Crippen molar-refractivity contribution in [2.24, 2.45) is 0 Å². The van der Waals surface area contributed by atoms with Crippen LogP contribution < -0.4 is 5.32 Å². The zero-order valence-electron chi connectivity index (χ0n) is 12.0. The van der Waals surface area contributed by atoms with Gasteiger partial charge in [-0.25, -0.2) is 0 Å². The van der Waals surface area contributed by atoms with Gasteiger partial charge in [-0.3, -0.25) is 0 Å². The molecule has 0 aliphatic heterocycles. The van der Waals surface area contributed by atoms with E-state index >= 15 is 0 Å². The second kappa shape index (κ2) is 7.39. The lowest BCUT2D eigenvalue weighted by Gasteiger charge is -2.24. The van der Waals surface area contributed by atoms with Crippen LogP contribution in [-0.4, -0.2) is 36.2 Å². The van der Waals surface area contributed by atoms with Gasteiger partial charge in [0.2, 0.25) is 0 Å². The summed E-state index contributed by atoms with van der Waals surface area (Å²) < 4.78 is 0. The first-order chi connectivity index (χ1) is 8.56. The van der Waals surface area contributed by atoms with Crippen molar-refractivity contribution in [2.45, 2.75) is 39.3 Å². The lowest BCUT2D eigenvalue weighted by Crippen LogP contribution is -2.35. The highest BCUT2D eigenvalue weighted by molar-refractivity contribution is 5.34. The first kappa shape index (κ1) is 15.0. The van der Waals surface area contributed by atoms with E-state index < -0.39 is 0 Å². The molecule has 2 atom stereocenters. The quantitative estimate of drug-likeness (QED) is 0.781. The molecule has 0 spiro atoms. The SMILES string of the molecule is CCC(C)N(C)CCNC(C)c1ccccc1O. The number of nitrogens with one attached hydrogen (secondary N) is 1. The fourth-order valence-corrected chi connectivity index (χ4v) is 1.95. The lowest BCUT2D eigenvalue weighted by atomic mass is 10.1. The fourth-order valence-electron chi connectivity index (χ4n) is 1.95. The molecule has 2 N–H and O–H groups in total. The molecule has 0 fully saturated rings. The van der Waals surface area contributed by atoms with Gasteiger partial charge in [-0.15, -0.1) is 0 Å². The van der Waals surface area contributed by atoms with Crippen molar-refractivity contribution in [2.75, 3.05) is 20.1 Å². The molecule has 3 nitrogen and oxygen atoms in total. The average Bonchev–Trinajstić information content (AvgIpc) is 2.37. The van der Waals surface area contributed by atoms with Crippen molar-refractivity contribution in [3.8, 4) is 5.75 Å². The second-order valence-corrected chi connectivity index (χ2v) is 4.97. The molecule has 102 valence electrons. The molecule has 0 radical (unpaired) electrons. The summed E-state index contributed by atoms with van der Waals surface area (Å²) in [6.45, 7) is 8.48. The van der Waals surface area contributed by atoms with E-state index in [1.54, 1.807) is 6.07 Å². The van der Waals surface area contributed by atoms with E-state index in [2.05, 4.69) is 38.0 Å². The number of hydrogen-bond donors (Lipinski definition) is 2. The van der Waals surface area contributed by atoms with Crippen LogP contribution in [0.2, 0.25) is 0 Å². The van der Waals surface area contributed by atoms with Crippen LogP contribution in [-0.2, 0) is 0 Å². The lowest BCUT2D eigenvalue weighted by molar-refractivity contribution is 0.249. The topological polar surface area (TPSA) is 35.5 Å². The van der Waals surface area contributed by atoms with Gasteiger partial charge >= 0.3 is 0 Å². The first-order valence-corrected chi connectivity index (χ1v) is 6.77. The minimum Gasteiger partial charge on any atom is -0.508 e. The number of phenolic OH excluding ortho intramolecular Hbond substituents is 1. The van der Waals surface area contributed by atoms with Crippen LogP contribution in [0.15, 0.2) is 24.3 Å². The van der Waals surface area contributed by atoms with Gasteiger partial charge in [-0.2, -0.15) is 0 Å². The van der Waals surface area contributed by atoms with E-state index in [9.17, 15) is 5.11 Å². The van der Waals surface area contributed by atoms with Crippen molar-refractivity contribution in [1.82, 2.24) is 10.2 Å². The third-order valence-electron chi connectivity index (χ3n) is 3.66. The Bertz CT molecular complexity index is 354. The van der Waals surface area contributed by atoms with Crippen LogP contribution >= 0.6 is 0 Å². The second-order valence-electron chi connectivity index (χ2n) is 4.97. The molecule has 1 aromatic rings. The number of phenols is 1. The molecular formula is C15H26N2O. The van der Waals surface area contributed by atoms with Gasteiger partial charge < -0.3 is 15.3 Å². The molecule has 0 saturated carbocycles. The van der Waals surface area contributed by atoms with Gasteiger partial charge in [-0.1, -0.05) is 25.1 Å². The number of rotatable bonds is 7. The summed E-state index contributed by atoms with van der Waals surface area (Å²) in [7, 11) is 2.15. The number of benzene rings is 1.